The third kappa shape index (κ3) is 5.05. The lowest BCUT2D eigenvalue weighted by Crippen LogP contribution is -2.30. The van der Waals surface area contributed by atoms with Gasteiger partial charge in [-0.05, 0) is 58.7 Å². The van der Waals surface area contributed by atoms with Crippen LogP contribution in [0.5, 0.6) is 0 Å². The highest BCUT2D eigenvalue weighted by atomic mass is 19.2. The topological polar surface area (TPSA) is 87.0 Å². The molecule has 6 nitrogen and oxygen atoms in total. The average molecular weight is 498 g/mol. The number of fused-ring (bicyclic) bond motifs is 1. The fourth-order valence-corrected chi connectivity index (χ4v) is 4.30. The van der Waals surface area contributed by atoms with Gasteiger partial charge in [0, 0.05) is 54.9 Å². The molecule has 0 radical (unpaired) electrons. The molecule has 0 spiro atoms. The lowest BCUT2D eigenvalue weighted by atomic mass is 10.0. The van der Waals surface area contributed by atoms with Crippen molar-refractivity contribution in [2.24, 2.45) is 5.73 Å². The van der Waals surface area contributed by atoms with Crippen molar-refractivity contribution < 1.29 is 13.6 Å². The van der Waals surface area contributed by atoms with Crippen LogP contribution in [0.2, 0.25) is 0 Å². The Hall–Kier alpha value is -4.56. The smallest absolute Gasteiger partial charge is 0.253 e. The SMILES string of the molecule is C=C1C(C(=O)NCc2cccc(-c3c[nH]c4ncc(CN)cc34)c2)=CC=CN1Cc1ccc(F)c(F)c1. The summed E-state index contributed by atoms with van der Waals surface area (Å²) >= 11 is 0. The Bertz CT molecular complexity index is 1570. The van der Waals surface area contributed by atoms with Gasteiger partial charge in [0.2, 0.25) is 0 Å². The summed E-state index contributed by atoms with van der Waals surface area (Å²) in [6, 6.07) is 13.7. The van der Waals surface area contributed by atoms with Crippen molar-refractivity contribution in [2.45, 2.75) is 19.6 Å². The Morgan fingerprint density at radius 2 is 1.95 bits per heavy atom. The zero-order valence-electron chi connectivity index (χ0n) is 20.0. The first-order valence-electron chi connectivity index (χ1n) is 11.7. The predicted molar refractivity (Wildman–Crippen MR) is 140 cm³/mol. The molecule has 1 aliphatic rings. The summed E-state index contributed by atoms with van der Waals surface area (Å²) in [5, 5.41) is 3.94. The van der Waals surface area contributed by atoms with E-state index in [2.05, 4.69) is 21.9 Å². The highest BCUT2D eigenvalue weighted by Gasteiger charge is 2.20. The van der Waals surface area contributed by atoms with Crippen molar-refractivity contribution >= 4 is 16.9 Å². The minimum Gasteiger partial charge on any atom is -0.348 e. The highest BCUT2D eigenvalue weighted by molar-refractivity contribution is 5.98. The number of carbonyl (C=O) groups is 1. The summed E-state index contributed by atoms with van der Waals surface area (Å²) in [7, 11) is 0. The van der Waals surface area contributed by atoms with Gasteiger partial charge in [0.1, 0.15) is 5.65 Å². The Morgan fingerprint density at radius 1 is 1.08 bits per heavy atom. The fraction of sp³-hybridized carbons (Fsp3) is 0.103. The lowest BCUT2D eigenvalue weighted by molar-refractivity contribution is -0.117. The first kappa shape index (κ1) is 24.1. The van der Waals surface area contributed by atoms with Gasteiger partial charge in [-0.2, -0.15) is 0 Å². The molecule has 0 saturated carbocycles. The summed E-state index contributed by atoms with van der Waals surface area (Å²) in [4.78, 5) is 22.3. The van der Waals surface area contributed by atoms with Crippen LogP contribution in [0.15, 0.2) is 97.1 Å². The average Bonchev–Trinajstić information content (AvgIpc) is 3.34. The van der Waals surface area contributed by atoms with Gasteiger partial charge < -0.3 is 20.9 Å². The van der Waals surface area contributed by atoms with Crippen LogP contribution in [0.4, 0.5) is 8.78 Å². The van der Waals surface area contributed by atoms with Gasteiger partial charge in [0.05, 0.1) is 5.57 Å². The second-order valence-corrected chi connectivity index (χ2v) is 8.77. The molecule has 8 heteroatoms. The Balaban J connectivity index is 1.27. The summed E-state index contributed by atoms with van der Waals surface area (Å²) in [6.45, 7) is 5.02. The Labute approximate surface area is 212 Å². The van der Waals surface area contributed by atoms with E-state index in [1.807, 2.05) is 36.5 Å². The number of nitrogens with one attached hydrogen (secondary N) is 2. The summed E-state index contributed by atoms with van der Waals surface area (Å²) in [6.07, 6.45) is 8.83. The van der Waals surface area contributed by atoms with Crippen molar-refractivity contribution in [3.05, 3.63) is 125 Å². The number of H-pyrrole nitrogens is 1. The van der Waals surface area contributed by atoms with E-state index in [0.717, 1.165) is 45.4 Å². The molecule has 4 N–H and O–H groups in total. The number of rotatable bonds is 7. The number of carbonyl (C=O) groups excluding carboxylic acids is 1. The molecule has 0 aliphatic carbocycles. The van der Waals surface area contributed by atoms with Gasteiger partial charge in [-0.15, -0.1) is 0 Å². The molecule has 186 valence electrons. The molecular weight excluding hydrogens is 472 g/mol. The van der Waals surface area contributed by atoms with Crippen LogP contribution in [0, 0.1) is 11.6 Å². The van der Waals surface area contributed by atoms with Crippen molar-refractivity contribution in [2.75, 3.05) is 0 Å². The molecule has 3 heterocycles. The molecule has 0 fully saturated rings. The first-order chi connectivity index (χ1) is 17.9. The molecule has 37 heavy (non-hydrogen) atoms. The largest absolute Gasteiger partial charge is 0.348 e. The lowest BCUT2D eigenvalue weighted by Gasteiger charge is -2.27. The van der Waals surface area contributed by atoms with Crippen LogP contribution in [-0.4, -0.2) is 20.8 Å². The molecule has 4 aromatic rings. The summed E-state index contributed by atoms with van der Waals surface area (Å²) in [5.74, 6) is -2.09. The minimum absolute atomic E-state index is 0.255. The number of aromatic amines is 1. The van der Waals surface area contributed by atoms with E-state index >= 15 is 0 Å². The number of benzene rings is 2. The highest BCUT2D eigenvalue weighted by Crippen LogP contribution is 2.29. The molecule has 1 aliphatic heterocycles. The number of hydrogen-bond acceptors (Lipinski definition) is 4. The monoisotopic (exact) mass is 497 g/mol. The van der Waals surface area contributed by atoms with E-state index in [-0.39, 0.29) is 12.5 Å². The molecular formula is C29H25F2N5O. The maximum atomic E-state index is 13.6. The zero-order valence-corrected chi connectivity index (χ0v) is 20.0. The van der Waals surface area contributed by atoms with Gasteiger partial charge in [-0.3, -0.25) is 4.79 Å². The number of hydrogen-bond donors (Lipinski definition) is 3. The van der Waals surface area contributed by atoms with Crippen LogP contribution in [0.25, 0.3) is 22.2 Å². The van der Waals surface area contributed by atoms with Crippen LogP contribution in [-0.2, 0) is 24.4 Å². The van der Waals surface area contributed by atoms with E-state index < -0.39 is 11.6 Å². The second kappa shape index (κ2) is 10.2. The van der Waals surface area contributed by atoms with Crippen LogP contribution >= 0.6 is 0 Å². The van der Waals surface area contributed by atoms with Gasteiger partial charge in [0.25, 0.3) is 5.91 Å². The molecule has 2 aromatic heterocycles. The Kier molecular flexibility index (Phi) is 6.66. The van der Waals surface area contributed by atoms with Crippen LogP contribution in [0.1, 0.15) is 16.7 Å². The number of nitrogens with zero attached hydrogens (tertiary/aromatic N) is 2. The third-order valence-electron chi connectivity index (χ3n) is 6.28. The second-order valence-electron chi connectivity index (χ2n) is 8.77. The van der Waals surface area contributed by atoms with E-state index in [0.29, 0.717) is 29.9 Å². The number of amides is 1. The maximum absolute atomic E-state index is 13.6. The van der Waals surface area contributed by atoms with E-state index in [1.54, 1.807) is 29.4 Å². The normalized spacial score (nSPS) is 13.2. The molecule has 0 atom stereocenters. The summed E-state index contributed by atoms with van der Waals surface area (Å²) < 4.78 is 26.9. The minimum atomic E-state index is -0.913. The van der Waals surface area contributed by atoms with E-state index in [1.165, 1.54) is 6.07 Å². The van der Waals surface area contributed by atoms with Gasteiger partial charge in [-0.25, -0.2) is 13.8 Å². The predicted octanol–water partition coefficient (Wildman–Crippen LogP) is 5.05. The number of aromatic nitrogens is 2. The van der Waals surface area contributed by atoms with E-state index in [4.69, 9.17) is 5.73 Å². The maximum Gasteiger partial charge on any atom is 0.253 e. The van der Waals surface area contributed by atoms with Gasteiger partial charge >= 0.3 is 0 Å². The zero-order chi connectivity index (χ0) is 25.9. The quantitative estimate of drug-likeness (QED) is 0.333. The number of nitrogens with two attached hydrogens (primary N) is 1. The fourth-order valence-electron chi connectivity index (χ4n) is 4.30. The molecule has 0 saturated heterocycles. The number of allylic oxidation sites excluding steroid dienone is 2. The van der Waals surface area contributed by atoms with Crippen molar-refractivity contribution in [1.29, 1.82) is 0 Å². The first-order valence-corrected chi connectivity index (χ1v) is 11.7. The van der Waals surface area contributed by atoms with Crippen LogP contribution in [0.3, 0.4) is 0 Å². The molecule has 0 unspecified atom stereocenters. The summed E-state index contributed by atoms with van der Waals surface area (Å²) in [5.41, 5.74) is 11.9. The van der Waals surface area contributed by atoms with Crippen molar-refractivity contribution in [3.8, 4) is 11.1 Å². The van der Waals surface area contributed by atoms with Gasteiger partial charge in [0.15, 0.2) is 11.6 Å². The molecule has 1 amide bonds. The van der Waals surface area contributed by atoms with E-state index in [9.17, 15) is 13.6 Å². The van der Waals surface area contributed by atoms with Crippen LogP contribution < -0.4 is 11.1 Å². The molecule has 2 aromatic carbocycles. The molecule has 0 bridgehead atoms. The molecule has 5 rings (SSSR count). The third-order valence-corrected chi connectivity index (χ3v) is 6.28. The van der Waals surface area contributed by atoms with Crippen molar-refractivity contribution in [1.82, 2.24) is 20.2 Å². The van der Waals surface area contributed by atoms with Gasteiger partial charge in [-0.1, -0.05) is 30.8 Å². The van der Waals surface area contributed by atoms with Crippen molar-refractivity contribution in [3.63, 3.8) is 0 Å². The Morgan fingerprint density at radius 3 is 2.76 bits per heavy atom. The number of halogens is 2. The standard InChI is InChI=1S/C29H25F2N5O/c1-18-23(6-3-9-36(18)17-20-7-8-26(30)27(31)12-20)29(37)35-14-19-4-2-5-22(10-19)25-16-34-28-24(25)11-21(13-32)15-33-28/h2-12,15-16H,1,13-14,17,32H2,(H,33,34)(H,35,37). The number of pyridine rings is 1.